The van der Waals surface area contributed by atoms with Crippen LogP contribution in [0, 0.1) is 5.41 Å². The maximum atomic E-state index is 11.9. The minimum absolute atomic E-state index is 0.0239. The first-order chi connectivity index (χ1) is 14.6. The number of rotatable bonds is 11. The molecule has 0 heterocycles. The first-order valence-corrected chi connectivity index (χ1v) is 11.9. The van der Waals surface area contributed by atoms with E-state index in [0.29, 0.717) is 32.9 Å². The molecule has 0 radical (unpaired) electrons. The third-order valence-corrected chi connectivity index (χ3v) is 5.76. The summed E-state index contributed by atoms with van der Waals surface area (Å²) in [5.74, 6) is 0.854. The Balaban J connectivity index is 1.70. The summed E-state index contributed by atoms with van der Waals surface area (Å²) < 4.78 is 11.5. The highest BCUT2D eigenvalue weighted by Gasteiger charge is 2.27. The van der Waals surface area contributed by atoms with Crippen molar-refractivity contribution >= 4 is 26.5 Å². The SMILES string of the molecule is CC(C)(C)CC(C)(C)c1ccc(OCCOCCN(Cc2ccccc2)C(=O)I)cc1. The van der Waals surface area contributed by atoms with E-state index < -0.39 is 0 Å². The molecule has 2 rings (SSSR count). The number of hydrogen-bond donors (Lipinski definition) is 0. The number of amides is 1. The molecule has 0 saturated heterocycles. The maximum absolute atomic E-state index is 11.9. The number of ether oxygens (including phenoxy) is 2. The lowest BCUT2D eigenvalue weighted by Crippen LogP contribution is -2.29. The van der Waals surface area contributed by atoms with Gasteiger partial charge in [-0.1, -0.05) is 77.1 Å². The van der Waals surface area contributed by atoms with Crippen LogP contribution in [0.1, 0.15) is 52.2 Å². The van der Waals surface area contributed by atoms with E-state index in [4.69, 9.17) is 9.47 Å². The van der Waals surface area contributed by atoms with Crippen molar-refractivity contribution < 1.29 is 14.3 Å². The van der Waals surface area contributed by atoms with Gasteiger partial charge in [-0.3, -0.25) is 4.79 Å². The molecule has 0 N–H and O–H groups in total. The van der Waals surface area contributed by atoms with E-state index in [-0.39, 0.29) is 14.7 Å². The van der Waals surface area contributed by atoms with E-state index in [0.717, 1.165) is 17.7 Å². The standard InChI is InChI=1S/C26H36INO3/c1-25(2,3)20-26(4,5)22-11-13-23(14-12-22)31-18-17-30-16-15-28(24(27)29)19-21-9-7-6-8-10-21/h6-14H,15-20H2,1-5H3. The van der Waals surface area contributed by atoms with Crippen LogP contribution in [0.25, 0.3) is 0 Å². The predicted octanol–water partition coefficient (Wildman–Crippen LogP) is 6.85. The molecule has 0 bridgehead atoms. The summed E-state index contributed by atoms with van der Waals surface area (Å²) >= 11 is 1.83. The Labute approximate surface area is 201 Å². The van der Waals surface area contributed by atoms with Crippen molar-refractivity contribution in [1.29, 1.82) is 0 Å². The lowest BCUT2D eigenvalue weighted by Gasteiger charge is -2.33. The Morgan fingerprint density at radius 1 is 0.903 bits per heavy atom. The summed E-state index contributed by atoms with van der Waals surface area (Å²) in [7, 11) is 0. The Bertz CT molecular complexity index is 798. The molecule has 31 heavy (non-hydrogen) atoms. The number of carbonyl (C=O) groups is 1. The first kappa shape index (κ1) is 25.7. The second-order valence-corrected chi connectivity index (χ2v) is 10.7. The Morgan fingerprint density at radius 2 is 1.55 bits per heavy atom. The monoisotopic (exact) mass is 537 g/mol. The van der Waals surface area contributed by atoms with Crippen LogP contribution in [0.15, 0.2) is 54.6 Å². The molecule has 0 spiro atoms. The Kier molecular flexibility index (Phi) is 9.82. The van der Waals surface area contributed by atoms with Crippen molar-refractivity contribution in [3.63, 3.8) is 0 Å². The van der Waals surface area contributed by atoms with Gasteiger partial charge in [0.25, 0.3) is 3.91 Å². The molecule has 2 aromatic carbocycles. The average Bonchev–Trinajstić information content (AvgIpc) is 2.69. The number of benzene rings is 2. The zero-order valence-electron chi connectivity index (χ0n) is 19.5. The molecule has 2 aromatic rings. The molecule has 0 aliphatic rings. The van der Waals surface area contributed by atoms with E-state index in [2.05, 4.69) is 46.8 Å². The summed E-state index contributed by atoms with van der Waals surface area (Å²) in [5.41, 5.74) is 2.86. The van der Waals surface area contributed by atoms with Gasteiger partial charge in [0.2, 0.25) is 0 Å². The number of carbonyl (C=O) groups excluding carboxylic acids is 1. The van der Waals surface area contributed by atoms with Gasteiger partial charge >= 0.3 is 0 Å². The molecule has 170 valence electrons. The van der Waals surface area contributed by atoms with Gasteiger partial charge in [-0.2, -0.15) is 0 Å². The smallest absolute Gasteiger partial charge is 0.283 e. The minimum atomic E-state index is 0.0239. The van der Waals surface area contributed by atoms with Crippen LogP contribution in [0.2, 0.25) is 0 Å². The van der Waals surface area contributed by atoms with E-state index in [1.54, 1.807) is 4.90 Å². The predicted molar refractivity (Wildman–Crippen MR) is 136 cm³/mol. The molecule has 0 aliphatic carbocycles. The van der Waals surface area contributed by atoms with E-state index in [1.165, 1.54) is 5.56 Å². The van der Waals surface area contributed by atoms with Gasteiger partial charge in [-0.05, 0) is 40.5 Å². The minimum Gasteiger partial charge on any atom is -0.491 e. The molecule has 4 nitrogen and oxygen atoms in total. The average molecular weight is 537 g/mol. The van der Waals surface area contributed by atoms with Crippen molar-refractivity contribution in [3.05, 3.63) is 65.7 Å². The van der Waals surface area contributed by atoms with Crippen LogP contribution in [0.5, 0.6) is 5.75 Å². The topological polar surface area (TPSA) is 38.8 Å². The third-order valence-electron chi connectivity index (χ3n) is 5.07. The largest absolute Gasteiger partial charge is 0.491 e. The Morgan fingerprint density at radius 3 is 2.13 bits per heavy atom. The van der Waals surface area contributed by atoms with Crippen molar-refractivity contribution in [3.8, 4) is 5.75 Å². The molecule has 0 unspecified atom stereocenters. The molecule has 0 aromatic heterocycles. The van der Waals surface area contributed by atoms with Gasteiger partial charge in [0, 0.05) is 35.7 Å². The molecule has 5 heteroatoms. The van der Waals surface area contributed by atoms with Gasteiger partial charge in [-0.15, -0.1) is 0 Å². The lowest BCUT2D eigenvalue weighted by molar-refractivity contribution is 0.0869. The highest BCUT2D eigenvalue weighted by molar-refractivity contribution is 14.1. The van der Waals surface area contributed by atoms with Crippen molar-refractivity contribution in [2.45, 2.75) is 53.0 Å². The summed E-state index contributed by atoms with van der Waals surface area (Å²) in [6.45, 7) is 14.1. The number of nitrogens with zero attached hydrogens (tertiary/aromatic N) is 1. The van der Waals surface area contributed by atoms with Gasteiger partial charge < -0.3 is 14.4 Å². The zero-order valence-corrected chi connectivity index (χ0v) is 21.6. The lowest BCUT2D eigenvalue weighted by atomic mass is 9.72. The maximum Gasteiger partial charge on any atom is 0.283 e. The van der Waals surface area contributed by atoms with Crippen LogP contribution in [0.4, 0.5) is 4.79 Å². The van der Waals surface area contributed by atoms with Crippen molar-refractivity contribution in [1.82, 2.24) is 4.90 Å². The number of halogens is 1. The molecule has 0 aliphatic heterocycles. The molecule has 0 fully saturated rings. The van der Waals surface area contributed by atoms with Crippen molar-refractivity contribution in [2.24, 2.45) is 5.41 Å². The van der Waals surface area contributed by atoms with Crippen LogP contribution >= 0.6 is 22.6 Å². The molecule has 0 saturated carbocycles. The molecule has 0 atom stereocenters. The molecular weight excluding hydrogens is 501 g/mol. The van der Waals surface area contributed by atoms with E-state index >= 15 is 0 Å². The highest BCUT2D eigenvalue weighted by Crippen LogP contribution is 2.36. The van der Waals surface area contributed by atoms with Crippen LogP contribution in [-0.4, -0.2) is 35.2 Å². The fraction of sp³-hybridized carbons (Fsp3) is 0.500. The first-order valence-electron chi connectivity index (χ1n) is 10.9. The van der Waals surface area contributed by atoms with Crippen molar-refractivity contribution in [2.75, 3.05) is 26.4 Å². The normalized spacial score (nSPS) is 11.9. The van der Waals surface area contributed by atoms with E-state index in [1.807, 2.05) is 65.1 Å². The molecule has 1 amide bonds. The van der Waals surface area contributed by atoms with Gasteiger partial charge in [0.05, 0.1) is 13.2 Å². The van der Waals surface area contributed by atoms with Crippen LogP contribution in [-0.2, 0) is 16.7 Å². The second-order valence-electron chi connectivity index (χ2n) is 9.77. The quantitative estimate of drug-likeness (QED) is 0.136. The van der Waals surface area contributed by atoms with Crippen LogP contribution < -0.4 is 4.74 Å². The summed E-state index contributed by atoms with van der Waals surface area (Å²) in [6.07, 6.45) is 1.12. The fourth-order valence-corrected chi connectivity index (χ4v) is 4.37. The summed E-state index contributed by atoms with van der Waals surface area (Å²) in [5, 5.41) is 0. The summed E-state index contributed by atoms with van der Waals surface area (Å²) in [6, 6.07) is 18.4. The van der Waals surface area contributed by atoms with Crippen LogP contribution in [0.3, 0.4) is 0 Å². The zero-order chi connectivity index (χ0) is 22.9. The van der Waals surface area contributed by atoms with Gasteiger partial charge in [-0.25, -0.2) is 0 Å². The molecular formula is C26H36INO3. The Hall–Kier alpha value is -1.60. The van der Waals surface area contributed by atoms with Gasteiger partial charge in [0.1, 0.15) is 12.4 Å². The van der Waals surface area contributed by atoms with Gasteiger partial charge in [0.15, 0.2) is 0 Å². The number of hydrogen-bond acceptors (Lipinski definition) is 3. The highest BCUT2D eigenvalue weighted by atomic mass is 127. The fourth-order valence-electron chi connectivity index (χ4n) is 3.96. The third kappa shape index (κ3) is 9.60. The van der Waals surface area contributed by atoms with E-state index in [9.17, 15) is 4.79 Å². The summed E-state index contributed by atoms with van der Waals surface area (Å²) in [4.78, 5) is 13.6. The second kappa shape index (κ2) is 11.9.